The molecule has 8 nitrogen and oxygen atoms in total. The van der Waals surface area contributed by atoms with Crippen LogP contribution < -0.4 is 10.1 Å². The van der Waals surface area contributed by atoms with Gasteiger partial charge in [-0.05, 0) is 47.5 Å². The zero-order valence-electron chi connectivity index (χ0n) is 16.4. The summed E-state index contributed by atoms with van der Waals surface area (Å²) in [5, 5.41) is 14.8. The number of benzene rings is 2. The number of aryl methyl sites for hydroxylation is 1. The predicted octanol–water partition coefficient (Wildman–Crippen LogP) is 3.02. The van der Waals surface area contributed by atoms with Gasteiger partial charge in [-0.2, -0.15) is 4.68 Å². The minimum Gasteiger partial charge on any atom is -0.489 e. The van der Waals surface area contributed by atoms with Crippen LogP contribution in [-0.4, -0.2) is 33.3 Å². The lowest BCUT2D eigenvalue weighted by atomic mass is 9.96. The summed E-state index contributed by atoms with van der Waals surface area (Å²) in [5.74, 6) is 0.779. The van der Waals surface area contributed by atoms with E-state index in [0.717, 1.165) is 16.9 Å². The Hall–Kier alpha value is -3.68. The molecule has 1 unspecified atom stereocenters. The molecule has 1 aromatic heterocycles. The maximum atomic E-state index is 12.4. The van der Waals surface area contributed by atoms with Crippen LogP contribution >= 0.6 is 0 Å². The summed E-state index contributed by atoms with van der Waals surface area (Å²) in [6.45, 7) is 4.34. The third kappa shape index (κ3) is 3.69. The summed E-state index contributed by atoms with van der Waals surface area (Å²) in [5.41, 5.74) is 4.28. The van der Waals surface area contributed by atoms with Crippen LogP contribution in [0.5, 0.6) is 5.75 Å². The Morgan fingerprint density at radius 2 is 1.83 bits per heavy atom. The van der Waals surface area contributed by atoms with E-state index in [9.17, 15) is 4.79 Å². The van der Waals surface area contributed by atoms with Crippen molar-refractivity contribution >= 4 is 11.9 Å². The van der Waals surface area contributed by atoms with E-state index in [-0.39, 0.29) is 0 Å². The second-order valence-electron chi connectivity index (χ2n) is 6.85. The molecule has 29 heavy (non-hydrogen) atoms. The van der Waals surface area contributed by atoms with Crippen LogP contribution in [-0.2, 0) is 16.1 Å². The Bertz CT molecular complexity index is 1050. The van der Waals surface area contributed by atoms with Crippen LogP contribution in [0.25, 0.3) is 0 Å². The number of hydrogen-bond donors (Lipinski definition) is 1. The first-order valence-electron chi connectivity index (χ1n) is 9.19. The first kappa shape index (κ1) is 18.7. The van der Waals surface area contributed by atoms with Gasteiger partial charge in [0.2, 0.25) is 5.95 Å². The summed E-state index contributed by atoms with van der Waals surface area (Å²) < 4.78 is 12.4. The molecule has 4 rings (SSSR count). The molecule has 0 bridgehead atoms. The summed E-state index contributed by atoms with van der Waals surface area (Å²) in [6, 6.07) is 15.3. The number of carbonyl (C=O) groups is 1. The molecule has 0 saturated carbocycles. The molecule has 2 heterocycles. The van der Waals surface area contributed by atoms with Crippen molar-refractivity contribution in [3.8, 4) is 5.75 Å². The molecule has 1 atom stereocenters. The van der Waals surface area contributed by atoms with Crippen molar-refractivity contribution in [2.75, 3.05) is 12.4 Å². The Kier molecular flexibility index (Phi) is 4.99. The first-order chi connectivity index (χ1) is 14.1. The second kappa shape index (κ2) is 7.75. The van der Waals surface area contributed by atoms with Crippen molar-refractivity contribution in [2.24, 2.45) is 0 Å². The average Bonchev–Trinajstić information content (AvgIpc) is 3.20. The van der Waals surface area contributed by atoms with Crippen molar-refractivity contribution < 1.29 is 14.3 Å². The van der Waals surface area contributed by atoms with Gasteiger partial charge in [-0.15, -0.1) is 0 Å². The topological polar surface area (TPSA) is 91.2 Å². The molecule has 0 fully saturated rings. The Morgan fingerprint density at radius 3 is 2.52 bits per heavy atom. The van der Waals surface area contributed by atoms with Crippen LogP contribution in [0.1, 0.15) is 29.7 Å². The van der Waals surface area contributed by atoms with Gasteiger partial charge in [-0.25, -0.2) is 4.79 Å². The summed E-state index contributed by atoms with van der Waals surface area (Å²) in [6.07, 6.45) is 0. The van der Waals surface area contributed by atoms with E-state index in [4.69, 9.17) is 9.47 Å². The third-order valence-electron chi connectivity index (χ3n) is 4.84. The number of esters is 1. The van der Waals surface area contributed by atoms with Gasteiger partial charge in [-0.1, -0.05) is 47.1 Å². The van der Waals surface area contributed by atoms with Crippen LogP contribution in [0, 0.1) is 6.92 Å². The molecule has 8 heteroatoms. The lowest BCUT2D eigenvalue weighted by Gasteiger charge is -2.27. The van der Waals surface area contributed by atoms with Gasteiger partial charge in [0.25, 0.3) is 0 Å². The Balaban J connectivity index is 1.58. The van der Waals surface area contributed by atoms with Crippen molar-refractivity contribution in [1.82, 2.24) is 20.2 Å². The summed E-state index contributed by atoms with van der Waals surface area (Å²) >= 11 is 0. The number of ether oxygens (including phenoxy) is 2. The highest BCUT2D eigenvalue weighted by Crippen LogP contribution is 2.35. The fourth-order valence-corrected chi connectivity index (χ4v) is 3.29. The van der Waals surface area contributed by atoms with E-state index in [0.29, 0.717) is 23.8 Å². The fourth-order valence-electron chi connectivity index (χ4n) is 3.29. The van der Waals surface area contributed by atoms with Crippen LogP contribution in [0.4, 0.5) is 5.95 Å². The highest BCUT2D eigenvalue weighted by Gasteiger charge is 2.34. The number of hydrogen-bond acceptors (Lipinski definition) is 7. The smallest absolute Gasteiger partial charge is 0.338 e. The number of methoxy groups -OCH3 is 1. The van der Waals surface area contributed by atoms with Gasteiger partial charge in [0, 0.05) is 5.70 Å². The molecule has 0 saturated heterocycles. The highest BCUT2D eigenvalue weighted by atomic mass is 16.5. The first-order valence-corrected chi connectivity index (χ1v) is 9.19. The lowest BCUT2D eigenvalue weighted by molar-refractivity contribution is -0.136. The van der Waals surface area contributed by atoms with E-state index in [2.05, 4.69) is 39.9 Å². The maximum Gasteiger partial charge on any atom is 0.338 e. The molecule has 0 amide bonds. The lowest BCUT2D eigenvalue weighted by Crippen LogP contribution is -2.29. The number of tetrazole rings is 1. The molecule has 0 aliphatic carbocycles. The standard InChI is InChI=1S/C21H21N5O3/c1-13-4-6-15(7-5-13)12-29-17-10-8-16(9-11-17)19-18(20(27)28-3)14(2)22-21-23-24-25-26(19)21/h4-11,19H,12H2,1-3H3,(H,22,23,25). The summed E-state index contributed by atoms with van der Waals surface area (Å²) in [7, 11) is 1.36. The van der Waals surface area contributed by atoms with Gasteiger partial charge in [0.1, 0.15) is 18.4 Å². The monoisotopic (exact) mass is 391 g/mol. The van der Waals surface area contributed by atoms with Crippen molar-refractivity contribution in [2.45, 2.75) is 26.5 Å². The second-order valence-corrected chi connectivity index (χ2v) is 6.85. The van der Waals surface area contributed by atoms with Crippen LogP contribution in [0.2, 0.25) is 0 Å². The normalized spacial score (nSPS) is 15.5. The van der Waals surface area contributed by atoms with Gasteiger partial charge >= 0.3 is 5.97 Å². The quantitative estimate of drug-likeness (QED) is 0.669. The summed E-state index contributed by atoms with van der Waals surface area (Å²) in [4.78, 5) is 12.4. The van der Waals surface area contributed by atoms with Gasteiger partial charge in [-0.3, -0.25) is 0 Å². The van der Waals surface area contributed by atoms with Crippen LogP contribution in [0.15, 0.2) is 59.8 Å². The van der Waals surface area contributed by atoms with E-state index >= 15 is 0 Å². The third-order valence-corrected chi connectivity index (χ3v) is 4.84. The SMILES string of the molecule is COC(=O)C1=C(C)Nc2nnnn2C1c1ccc(OCc2ccc(C)cc2)cc1. The number of nitrogens with zero attached hydrogens (tertiary/aromatic N) is 4. The fraction of sp³-hybridized carbons (Fsp3) is 0.238. The van der Waals surface area contributed by atoms with E-state index in [1.165, 1.54) is 12.7 Å². The molecule has 2 aromatic carbocycles. The Labute approximate surface area is 168 Å². The average molecular weight is 391 g/mol. The largest absolute Gasteiger partial charge is 0.489 e. The molecule has 1 aliphatic heterocycles. The number of allylic oxidation sites excluding steroid dienone is 1. The van der Waals surface area contributed by atoms with Crippen molar-refractivity contribution in [3.05, 3.63) is 76.5 Å². The number of rotatable bonds is 5. The van der Waals surface area contributed by atoms with E-state index in [1.54, 1.807) is 11.6 Å². The molecule has 1 aliphatic rings. The van der Waals surface area contributed by atoms with E-state index in [1.807, 2.05) is 36.4 Å². The van der Waals surface area contributed by atoms with Crippen molar-refractivity contribution in [1.29, 1.82) is 0 Å². The molecule has 148 valence electrons. The highest BCUT2D eigenvalue weighted by molar-refractivity contribution is 5.92. The Morgan fingerprint density at radius 1 is 1.10 bits per heavy atom. The molecule has 0 radical (unpaired) electrons. The maximum absolute atomic E-state index is 12.4. The molecular formula is C21H21N5O3. The zero-order chi connectivity index (χ0) is 20.4. The molecule has 1 N–H and O–H groups in total. The minimum absolute atomic E-state index is 0.430. The number of aromatic nitrogens is 4. The number of nitrogens with one attached hydrogen (secondary N) is 1. The molecule has 3 aromatic rings. The zero-order valence-corrected chi connectivity index (χ0v) is 16.4. The molecular weight excluding hydrogens is 370 g/mol. The predicted molar refractivity (Wildman–Crippen MR) is 106 cm³/mol. The van der Waals surface area contributed by atoms with Crippen molar-refractivity contribution in [3.63, 3.8) is 0 Å². The number of fused-ring (bicyclic) bond motifs is 1. The van der Waals surface area contributed by atoms with Crippen LogP contribution in [0.3, 0.4) is 0 Å². The number of anilines is 1. The van der Waals surface area contributed by atoms with Gasteiger partial charge < -0.3 is 14.8 Å². The van der Waals surface area contributed by atoms with Gasteiger partial charge in [0.15, 0.2) is 0 Å². The number of carbonyl (C=O) groups excluding carboxylic acids is 1. The molecule has 0 spiro atoms. The van der Waals surface area contributed by atoms with E-state index < -0.39 is 12.0 Å². The minimum atomic E-state index is -0.486. The van der Waals surface area contributed by atoms with Gasteiger partial charge in [0.05, 0.1) is 12.7 Å².